The smallest absolute Gasteiger partial charge is 0.252 e. The van der Waals surface area contributed by atoms with Gasteiger partial charge in [-0.15, -0.1) is 0 Å². The number of aliphatic hydroxyl groups is 1. The highest BCUT2D eigenvalue weighted by Gasteiger charge is 2.13. The van der Waals surface area contributed by atoms with Gasteiger partial charge in [-0.25, -0.2) is 0 Å². The number of aryl methyl sites for hydroxylation is 1. The second kappa shape index (κ2) is 7.88. The molecule has 4 heteroatoms. The van der Waals surface area contributed by atoms with Gasteiger partial charge in [-0.1, -0.05) is 23.5 Å². The van der Waals surface area contributed by atoms with Gasteiger partial charge in [0.15, 0.2) is 0 Å². The van der Waals surface area contributed by atoms with Gasteiger partial charge in [0, 0.05) is 17.4 Å². The van der Waals surface area contributed by atoms with Crippen LogP contribution in [-0.2, 0) is 0 Å². The number of carbonyl (C=O) groups excluding carboxylic acids is 1. The van der Waals surface area contributed by atoms with E-state index in [4.69, 9.17) is 5.11 Å². The lowest BCUT2D eigenvalue weighted by Gasteiger charge is -2.13. The zero-order chi connectivity index (χ0) is 14.3. The fourth-order valence-electron chi connectivity index (χ4n) is 1.68. The SMILES string of the molecule is CSCC(C)NC(=O)c1cc(C)ccc1C#CCO. The highest BCUT2D eigenvalue weighted by atomic mass is 32.2. The number of carbonyl (C=O) groups is 1. The predicted octanol–water partition coefficient (Wildman–Crippen LogP) is 1.82. The normalized spacial score (nSPS) is 11.4. The standard InChI is InChI=1S/C15H19NO2S/c1-11-6-7-13(5-4-8-17)14(9-11)15(18)16-12(2)10-19-3/h6-7,9,12,17H,8,10H2,1-3H3,(H,16,18). The Hall–Kier alpha value is -1.44. The monoisotopic (exact) mass is 277 g/mol. The molecule has 1 amide bonds. The number of thioether (sulfide) groups is 1. The summed E-state index contributed by atoms with van der Waals surface area (Å²) in [5.41, 5.74) is 2.22. The van der Waals surface area contributed by atoms with Crippen LogP contribution in [0.25, 0.3) is 0 Å². The van der Waals surface area contributed by atoms with Crippen molar-refractivity contribution < 1.29 is 9.90 Å². The molecule has 0 heterocycles. The molecule has 0 fully saturated rings. The van der Waals surface area contributed by atoms with Crippen LogP contribution in [0.1, 0.15) is 28.4 Å². The number of hydrogen-bond donors (Lipinski definition) is 2. The van der Waals surface area contributed by atoms with Gasteiger partial charge in [0.1, 0.15) is 6.61 Å². The Balaban J connectivity index is 2.97. The highest BCUT2D eigenvalue weighted by molar-refractivity contribution is 7.98. The van der Waals surface area contributed by atoms with Crippen molar-refractivity contribution in [3.05, 3.63) is 34.9 Å². The molecule has 0 saturated carbocycles. The van der Waals surface area contributed by atoms with Crippen molar-refractivity contribution >= 4 is 17.7 Å². The summed E-state index contributed by atoms with van der Waals surface area (Å²) in [5, 5.41) is 11.7. The van der Waals surface area contributed by atoms with E-state index in [0.717, 1.165) is 11.3 Å². The van der Waals surface area contributed by atoms with E-state index in [0.29, 0.717) is 11.1 Å². The number of rotatable bonds is 4. The fourth-order valence-corrected chi connectivity index (χ4v) is 2.27. The molecule has 3 nitrogen and oxygen atoms in total. The van der Waals surface area contributed by atoms with Crippen LogP contribution in [0.5, 0.6) is 0 Å². The molecular weight excluding hydrogens is 258 g/mol. The molecule has 2 N–H and O–H groups in total. The molecule has 0 aromatic heterocycles. The maximum atomic E-state index is 12.2. The van der Waals surface area contributed by atoms with Crippen molar-refractivity contribution in [2.75, 3.05) is 18.6 Å². The molecule has 0 bridgehead atoms. The summed E-state index contributed by atoms with van der Waals surface area (Å²) < 4.78 is 0. The third-order valence-corrected chi connectivity index (χ3v) is 3.35. The van der Waals surface area contributed by atoms with Gasteiger partial charge in [-0.2, -0.15) is 11.8 Å². The lowest BCUT2D eigenvalue weighted by Crippen LogP contribution is -2.34. The Labute approximate surface area is 118 Å². The highest BCUT2D eigenvalue weighted by Crippen LogP contribution is 2.11. The minimum Gasteiger partial charge on any atom is -0.384 e. The summed E-state index contributed by atoms with van der Waals surface area (Å²) in [6.45, 7) is 3.70. The van der Waals surface area contributed by atoms with Crippen LogP contribution in [0.2, 0.25) is 0 Å². The first-order valence-corrected chi connectivity index (χ1v) is 7.48. The van der Waals surface area contributed by atoms with E-state index in [9.17, 15) is 4.79 Å². The first-order valence-electron chi connectivity index (χ1n) is 6.08. The van der Waals surface area contributed by atoms with E-state index in [2.05, 4.69) is 17.2 Å². The topological polar surface area (TPSA) is 49.3 Å². The number of amides is 1. The van der Waals surface area contributed by atoms with Gasteiger partial charge in [-0.05, 0) is 32.2 Å². The largest absolute Gasteiger partial charge is 0.384 e. The molecule has 0 aliphatic heterocycles. The molecule has 19 heavy (non-hydrogen) atoms. The second-order valence-electron chi connectivity index (χ2n) is 4.34. The van der Waals surface area contributed by atoms with Crippen LogP contribution in [0, 0.1) is 18.8 Å². The van der Waals surface area contributed by atoms with E-state index < -0.39 is 0 Å². The van der Waals surface area contributed by atoms with Crippen LogP contribution in [0.3, 0.4) is 0 Å². The molecule has 0 saturated heterocycles. The summed E-state index contributed by atoms with van der Waals surface area (Å²) in [7, 11) is 0. The van der Waals surface area contributed by atoms with Crippen LogP contribution >= 0.6 is 11.8 Å². The Morgan fingerprint density at radius 1 is 1.53 bits per heavy atom. The predicted molar refractivity (Wildman–Crippen MR) is 80.5 cm³/mol. The summed E-state index contributed by atoms with van der Waals surface area (Å²) in [4.78, 5) is 12.2. The number of nitrogens with one attached hydrogen (secondary N) is 1. The van der Waals surface area contributed by atoms with Gasteiger partial charge in [0.2, 0.25) is 0 Å². The Bertz CT molecular complexity index is 503. The third-order valence-electron chi connectivity index (χ3n) is 2.52. The molecule has 102 valence electrons. The van der Waals surface area contributed by atoms with Crippen LogP contribution in [0.4, 0.5) is 0 Å². The summed E-state index contributed by atoms with van der Waals surface area (Å²) in [5.74, 6) is 6.14. The maximum absolute atomic E-state index is 12.2. The van der Waals surface area contributed by atoms with Crippen molar-refractivity contribution in [3.8, 4) is 11.8 Å². The van der Waals surface area contributed by atoms with E-state index in [1.165, 1.54) is 0 Å². The minimum atomic E-state index is -0.211. The van der Waals surface area contributed by atoms with Gasteiger partial charge < -0.3 is 10.4 Å². The molecule has 0 aliphatic rings. The molecule has 0 aliphatic carbocycles. The lowest BCUT2D eigenvalue weighted by molar-refractivity contribution is 0.0943. The van der Waals surface area contributed by atoms with Gasteiger partial charge in [0.25, 0.3) is 5.91 Å². The Morgan fingerprint density at radius 3 is 2.89 bits per heavy atom. The third kappa shape index (κ3) is 4.98. The Morgan fingerprint density at radius 2 is 2.26 bits per heavy atom. The molecule has 0 spiro atoms. The lowest BCUT2D eigenvalue weighted by atomic mass is 10.0. The summed E-state index contributed by atoms with van der Waals surface area (Å²) in [6.07, 6.45) is 2.01. The molecule has 1 unspecified atom stereocenters. The van der Waals surface area contributed by atoms with E-state index in [1.54, 1.807) is 11.8 Å². The number of benzene rings is 1. The van der Waals surface area contributed by atoms with E-state index >= 15 is 0 Å². The van der Waals surface area contributed by atoms with Gasteiger partial charge >= 0.3 is 0 Å². The van der Waals surface area contributed by atoms with E-state index in [-0.39, 0.29) is 18.6 Å². The average molecular weight is 277 g/mol. The summed E-state index contributed by atoms with van der Waals surface area (Å²) in [6, 6.07) is 5.65. The number of hydrogen-bond acceptors (Lipinski definition) is 3. The molecule has 1 rings (SSSR count). The summed E-state index contributed by atoms with van der Waals surface area (Å²) >= 11 is 1.69. The first kappa shape index (κ1) is 15.6. The molecule has 1 atom stereocenters. The van der Waals surface area contributed by atoms with Gasteiger partial charge in [0.05, 0.1) is 5.56 Å². The van der Waals surface area contributed by atoms with E-state index in [1.807, 2.05) is 38.3 Å². The van der Waals surface area contributed by atoms with Crippen LogP contribution < -0.4 is 5.32 Å². The first-order chi connectivity index (χ1) is 9.08. The average Bonchev–Trinajstić information content (AvgIpc) is 2.37. The van der Waals surface area contributed by atoms with Crippen LogP contribution in [0.15, 0.2) is 18.2 Å². The zero-order valence-electron chi connectivity index (χ0n) is 11.5. The van der Waals surface area contributed by atoms with Crippen molar-refractivity contribution in [2.24, 2.45) is 0 Å². The minimum absolute atomic E-state index is 0.113. The fraction of sp³-hybridized carbons (Fsp3) is 0.400. The zero-order valence-corrected chi connectivity index (χ0v) is 12.3. The molecule has 1 aromatic carbocycles. The van der Waals surface area contributed by atoms with Crippen LogP contribution in [-0.4, -0.2) is 35.7 Å². The maximum Gasteiger partial charge on any atom is 0.252 e. The Kier molecular flexibility index (Phi) is 6.48. The van der Waals surface area contributed by atoms with Crippen molar-refractivity contribution in [2.45, 2.75) is 19.9 Å². The molecule has 0 radical (unpaired) electrons. The van der Waals surface area contributed by atoms with Crippen molar-refractivity contribution in [1.82, 2.24) is 5.32 Å². The molecular formula is C15H19NO2S. The molecule has 1 aromatic rings. The van der Waals surface area contributed by atoms with Gasteiger partial charge in [-0.3, -0.25) is 4.79 Å². The van der Waals surface area contributed by atoms with Crippen molar-refractivity contribution in [1.29, 1.82) is 0 Å². The second-order valence-corrected chi connectivity index (χ2v) is 5.25. The quantitative estimate of drug-likeness (QED) is 0.825. The van der Waals surface area contributed by atoms with Crippen molar-refractivity contribution in [3.63, 3.8) is 0 Å². The number of aliphatic hydroxyl groups excluding tert-OH is 1.